The molecule has 4 nitrogen and oxygen atoms in total. The molecule has 0 fully saturated rings. The molecule has 0 radical (unpaired) electrons. The van der Waals surface area contributed by atoms with Crippen LogP contribution in [-0.2, 0) is 17.4 Å². The van der Waals surface area contributed by atoms with E-state index in [2.05, 4.69) is 10.3 Å². The van der Waals surface area contributed by atoms with Crippen LogP contribution >= 0.6 is 23.6 Å². The first-order chi connectivity index (χ1) is 11.2. The number of H-pyrrole nitrogens is 1. The van der Waals surface area contributed by atoms with Crippen LogP contribution in [0, 0.1) is 10.9 Å². The topological polar surface area (TPSA) is 65.1 Å². The molecule has 1 aromatic carbocycles. The first-order valence-electron chi connectivity index (χ1n) is 6.98. The summed E-state index contributed by atoms with van der Waals surface area (Å²) < 4.78 is 39.3. The fourth-order valence-corrected chi connectivity index (χ4v) is 3.47. The van der Waals surface area contributed by atoms with Gasteiger partial charge in [0.1, 0.15) is 0 Å². The summed E-state index contributed by atoms with van der Waals surface area (Å²) >= 11 is 6.24. The first kappa shape index (κ1) is 18.6. The maximum atomic E-state index is 12.9. The zero-order valence-corrected chi connectivity index (χ0v) is 14.2. The number of carbonyl (C=O) groups is 1. The van der Waals surface area contributed by atoms with Crippen LogP contribution in [0.4, 0.5) is 13.2 Å². The second-order valence-electron chi connectivity index (χ2n) is 5.14. The van der Waals surface area contributed by atoms with E-state index in [9.17, 15) is 23.1 Å². The van der Waals surface area contributed by atoms with Gasteiger partial charge in [0.2, 0.25) is 5.91 Å². The van der Waals surface area contributed by atoms with Crippen LogP contribution in [-0.4, -0.2) is 22.5 Å². The molecule has 2 aromatic rings. The Morgan fingerprint density at radius 2 is 2.08 bits per heavy atom. The molecular formula is C15H15F3N2O2S2. The Labute approximate surface area is 145 Å². The summed E-state index contributed by atoms with van der Waals surface area (Å²) in [4.78, 5) is 15.6. The molecule has 0 saturated carbocycles. The number of hydrogen-bond acceptors (Lipinski definition) is 4. The van der Waals surface area contributed by atoms with Crippen molar-refractivity contribution in [2.75, 3.05) is 6.54 Å². The molecule has 0 aliphatic carbocycles. The lowest BCUT2D eigenvalue weighted by atomic mass is 10.0. The number of halogens is 3. The second kappa shape index (κ2) is 7.45. The highest BCUT2D eigenvalue weighted by Gasteiger charge is 2.34. The number of benzene rings is 1. The predicted molar refractivity (Wildman–Crippen MR) is 87.4 cm³/mol. The Hall–Kier alpha value is -1.71. The van der Waals surface area contributed by atoms with Gasteiger partial charge < -0.3 is 15.4 Å². The van der Waals surface area contributed by atoms with Crippen molar-refractivity contribution in [3.63, 3.8) is 0 Å². The molecular weight excluding hydrogens is 361 g/mol. The molecule has 2 rings (SSSR count). The SMILES string of the molecule is Cc1[nH]c(=S)sc1CC(=O)NC[C@H](O)c1ccccc1C(F)(F)F. The molecule has 0 unspecified atom stereocenters. The molecule has 0 aliphatic heterocycles. The number of thiazole rings is 1. The Bertz CT molecular complexity index is 784. The Morgan fingerprint density at radius 1 is 1.42 bits per heavy atom. The van der Waals surface area contributed by atoms with E-state index >= 15 is 0 Å². The molecule has 0 spiro atoms. The summed E-state index contributed by atoms with van der Waals surface area (Å²) in [6.07, 6.45) is -5.96. The minimum Gasteiger partial charge on any atom is -0.387 e. The predicted octanol–water partition coefficient (Wildman–Crippen LogP) is 3.53. The van der Waals surface area contributed by atoms with Gasteiger partial charge in [-0.05, 0) is 30.8 Å². The third-order valence-corrected chi connectivity index (χ3v) is 4.70. The lowest BCUT2D eigenvalue weighted by Crippen LogP contribution is -2.30. The van der Waals surface area contributed by atoms with Crippen LogP contribution in [0.5, 0.6) is 0 Å². The van der Waals surface area contributed by atoms with Crippen LogP contribution in [0.15, 0.2) is 24.3 Å². The van der Waals surface area contributed by atoms with Crippen LogP contribution in [0.25, 0.3) is 0 Å². The number of alkyl halides is 3. The Kier molecular flexibility index (Phi) is 5.79. The number of rotatable bonds is 5. The standard InChI is InChI=1S/C15H15F3N2O2S2/c1-8-12(24-14(23)20-8)6-13(22)19-7-11(21)9-4-2-3-5-10(9)15(16,17)18/h2-5,11,21H,6-7H2,1H3,(H,19,22)(H,20,23)/t11-/m0/s1. The van der Waals surface area contributed by atoms with Crippen LogP contribution < -0.4 is 5.32 Å². The molecule has 130 valence electrons. The summed E-state index contributed by atoms with van der Waals surface area (Å²) in [7, 11) is 0. The molecule has 1 amide bonds. The minimum absolute atomic E-state index is 0.0529. The van der Waals surface area contributed by atoms with E-state index in [4.69, 9.17) is 12.2 Å². The van der Waals surface area contributed by atoms with Crippen molar-refractivity contribution >= 4 is 29.5 Å². The molecule has 24 heavy (non-hydrogen) atoms. The summed E-state index contributed by atoms with van der Waals surface area (Å²) in [6.45, 7) is 1.48. The normalized spacial score (nSPS) is 12.9. The van der Waals surface area contributed by atoms with Gasteiger partial charge in [-0.3, -0.25) is 4.79 Å². The van der Waals surface area contributed by atoms with Crippen LogP contribution in [0.1, 0.15) is 27.8 Å². The van der Waals surface area contributed by atoms with E-state index in [1.807, 2.05) is 0 Å². The van der Waals surface area contributed by atoms with E-state index in [1.165, 1.54) is 29.5 Å². The Balaban J connectivity index is 2.01. The third-order valence-electron chi connectivity index (χ3n) is 3.36. The lowest BCUT2D eigenvalue weighted by Gasteiger charge is -2.17. The van der Waals surface area contributed by atoms with Crippen molar-refractivity contribution in [1.29, 1.82) is 0 Å². The highest BCUT2D eigenvalue weighted by atomic mass is 32.1. The number of aliphatic hydroxyl groups is 1. The molecule has 9 heteroatoms. The van der Waals surface area contributed by atoms with Gasteiger partial charge >= 0.3 is 6.18 Å². The number of aliphatic hydroxyl groups excluding tert-OH is 1. The molecule has 0 saturated heterocycles. The van der Waals surface area contributed by atoms with Crippen molar-refractivity contribution in [2.24, 2.45) is 0 Å². The fourth-order valence-electron chi connectivity index (χ4n) is 2.18. The molecule has 3 N–H and O–H groups in total. The molecule has 0 bridgehead atoms. The average Bonchev–Trinajstić information content (AvgIpc) is 2.81. The number of aryl methyl sites for hydroxylation is 1. The van der Waals surface area contributed by atoms with Gasteiger partial charge in [0.25, 0.3) is 0 Å². The van der Waals surface area contributed by atoms with E-state index in [1.54, 1.807) is 6.92 Å². The van der Waals surface area contributed by atoms with Crippen LogP contribution in [0.2, 0.25) is 0 Å². The average molecular weight is 376 g/mol. The van der Waals surface area contributed by atoms with Crippen molar-refractivity contribution in [3.8, 4) is 0 Å². The van der Waals surface area contributed by atoms with Crippen molar-refractivity contribution in [2.45, 2.75) is 25.6 Å². The van der Waals surface area contributed by atoms with E-state index in [0.29, 0.717) is 3.95 Å². The largest absolute Gasteiger partial charge is 0.416 e. The van der Waals surface area contributed by atoms with Gasteiger partial charge in [-0.25, -0.2) is 0 Å². The molecule has 1 aromatic heterocycles. The summed E-state index contributed by atoms with van der Waals surface area (Å²) in [5.74, 6) is -0.396. The number of hydrogen-bond donors (Lipinski definition) is 3. The van der Waals surface area contributed by atoms with Crippen molar-refractivity contribution < 1.29 is 23.1 Å². The molecule has 0 aliphatic rings. The summed E-state index contributed by atoms with van der Waals surface area (Å²) in [6, 6.07) is 4.75. The van der Waals surface area contributed by atoms with E-state index in [0.717, 1.165) is 16.6 Å². The van der Waals surface area contributed by atoms with Gasteiger partial charge in [-0.15, -0.1) is 11.3 Å². The number of aromatic amines is 1. The number of carbonyl (C=O) groups excluding carboxylic acids is 1. The quantitative estimate of drug-likeness (QED) is 0.700. The van der Waals surface area contributed by atoms with Gasteiger partial charge in [-0.1, -0.05) is 18.2 Å². The maximum absolute atomic E-state index is 12.9. The number of amides is 1. The highest BCUT2D eigenvalue weighted by Crippen LogP contribution is 2.34. The first-order valence-corrected chi connectivity index (χ1v) is 8.20. The van der Waals surface area contributed by atoms with Gasteiger partial charge in [0.15, 0.2) is 3.95 Å². The van der Waals surface area contributed by atoms with Gasteiger partial charge in [0, 0.05) is 17.1 Å². The van der Waals surface area contributed by atoms with Gasteiger partial charge in [-0.2, -0.15) is 13.2 Å². The van der Waals surface area contributed by atoms with E-state index in [-0.39, 0.29) is 18.5 Å². The minimum atomic E-state index is -4.56. The zero-order valence-electron chi connectivity index (χ0n) is 12.6. The molecule has 1 heterocycles. The van der Waals surface area contributed by atoms with Crippen molar-refractivity contribution in [1.82, 2.24) is 10.3 Å². The van der Waals surface area contributed by atoms with Gasteiger partial charge in [0.05, 0.1) is 18.1 Å². The Morgan fingerprint density at radius 3 is 2.67 bits per heavy atom. The second-order valence-corrected chi connectivity index (χ2v) is 6.92. The highest BCUT2D eigenvalue weighted by molar-refractivity contribution is 7.73. The van der Waals surface area contributed by atoms with Crippen molar-refractivity contribution in [3.05, 3.63) is 49.9 Å². The zero-order chi connectivity index (χ0) is 17.9. The summed E-state index contributed by atoms with van der Waals surface area (Å²) in [5, 5.41) is 12.5. The lowest BCUT2D eigenvalue weighted by molar-refractivity contribution is -0.139. The third kappa shape index (κ3) is 4.65. The maximum Gasteiger partial charge on any atom is 0.416 e. The number of aromatic nitrogens is 1. The fraction of sp³-hybridized carbons (Fsp3) is 0.333. The molecule has 1 atom stereocenters. The van der Waals surface area contributed by atoms with E-state index < -0.39 is 23.8 Å². The summed E-state index contributed by atoms with van der Waals surface area (Å²) in [5.41, 5.74) is -0.395. The van der Waals surface area contributed by atoms with Crippen LogP contribution in [0.3, 0.4) is 0 Å². The monoisotopic (exact) mass is 376 g/mol. The number of nitrogens with one attached hydrogen (secondary N) is 2. The smallest absolute Gasteiger partial charge is 0.387 e.